The van der Waals surface area contributed by atoms with Crippen LogP contribution in [-0.2, 0) is 9.47 Å². The fourth-order valence-electron chi connectivity index (χ4n) is 2.68. The Hall–Kier alpha value is -0.120. The molecule has 1 aliphatic heterocycles. The molecule has 3 heteroatoms. The summed E-state index contributed by atoms with van der Waals surface area (Å²) < 4.78 is 11.9. The number of unbranched alkanes of at least 4 members (excludes halogenated alkanes) is 1. The number of nitrogens with one attached hydrogen (secondary N) is 1. The second kappa shape index (κ2) is 10.6. The van der Waals surface area contributed by atoms with Crippen molar-refractivity contribution in [2.45, 2.75) is 84.5 Å². The van der Waals surface area contributed by atoms with Crippen LogP contribution < -0.4 is 5.32 Å². The molecule has 1 N–H and O–H groups in total. The van der Waals surface area contributed by atoms with Crippen LogP contribution in [0.5, 0.6) is 0 Å². The summed E-state index contributed by atoms with van der Waals surface area (Å²) in [6.07, 6.45) is 8.16. The molecule has 0 aliphatic carbocycles. The average Bonchev–Trinajstić information content (AvgIpc) is 2.88. The summed E-state index contributed by atoms with van der Waals surface area (Å²) >= 11 is 0. The molecule has 1 heterocycles. The minimum Gasteiger partial charge on any atom is -0.378 e. The van der Waals surface area contributed by atoms with Gasteiger partial charge in [-0.05, 0) is 25.2 Å². The molecule has 0 amide bonds. The lowest BCUT2D eigenvalue weighted by Crippen LogP contribution is -2.32. The largest absolute Gasteiger partial charge is 0.378 e. The van der Waals surface area contributed by atoms with Crippen molar-refractivity contribution >= 4 is 0 Å². The van der Waals surface area contributed by atoms with Crippen molar-refractivity contribution in [3.05, 3.63) is 0 Å². The molecular weight excluding hydrogens is 250 g/mol. The first-order valence-electron chi connectivity index (χ1n) is 8.62. The summed E-state index contributed by atoms with van der Waals surface area (Å²) in [5.41, 5.74) is 0. The van der Waals surface area contributed by atoms with Crippen LogP contribution in [0.1, 0.15) is 66.2 Å². The average molecular weight is 285 g/mol. The van der Waals surface area contributed by atoms with Crippen LogP contribution >= 0.6 is 0 Å². The summed E-state index contributed by atoms with van der Waals surface area (Å²) in [6.45, 7) is 11.5. The molecule has 1 rings (SSSR count). The van der Waals surface area contributed by atoms with Gasteiger partial charge in [0.1, 0.15) is 0 Å². The van der Waals surface area contributed by atoms with E-state index in [9.17, 15) is 0 Å². The van der Waals surface area contributed by atoms with Gasteiger partial charge in [0.25, 0.3) is 0 Å². The van der Waals surface area contributed by atoms with Crippen molar-refractivity contribution in [2.24, 2.45) is 5.92 Å². The smallest absolute Gasteiger partial charge is 0.0813 e. The number of hydrogen-bond acceptors (Lipinski definition) is 3. The zero-order chi connectivity index (χ0) is 14.8. The first-order chi connectivity index (χ1) is 9.65. The van der Waals surface area contributed by atoms with Gasteiger partial charge in [-0.1, -0.05) is 47.0 Å². The highest BCUT2D eigenvalue weighted by Crippen LogP contribution is 2.20. The van der Waals surface area contributed by atoms with Crippen LogP contribution in [0.4, 0.5) is 0 Å². The number of ether oxygens (including phenoxy) is 2. The highest BCUT2D eigenvalue weighted by Gasteiger charge is 2.25. The molecular formula is C17H35NO2. The van der Waals surface area contributed by atoms with Crippen LogP contribution in [0.25, 0.3) is 0 Å². The highest BCUT2D eigenvalue weighted by molar-refractivity contribution is 4.76. The Kier molecular flexibility index (Phi) is 9.49. The lowest BCUT2D eigenvalue weighted by Gasteiger charge is -2.18. The standard InChI is InChI=1S/C17H35NO2/c1-5-7-8-15(6-2)12-19-13-17-10-9-16(20-17)11-18-14(3)4/h14-18H,5-13H2,1-4H3. The normalized spacial score (nSPS) is 24.4. The van der Waals surface area contributed by atoms with Gasteiger partial charge in [-0.3, -0.25) is 0 Å². The van der Waals surface area contributed by atoms with Gasteiger partial charge in [-0.15, -0.1) is 0 Å². The molecule has 0 spiro atoms. The van der Waals surface area contributed by atoms with Crippen LogP contribution in [0.15, 0.2) is 0 Å². The van der Waals surface area contributed by atoms with Gasteiger partial charge in [0, 0.05) is 19.2 Å². The first-order valence-corrected chi connectivity index (χ1v) is 8.62. The topological polar surface area (TPSA) is 30.5 Å². The molecule has 0 radical (unpaired) electrons. The minimum atomic E-state index is 0.317. The second-order valence-electron chi connectivity index (χ2n) is 6.47. The van der Waals surface area contributed by atoms with Gasteiger partial charge < -0.3 is 14.8 Å². The summed E-state index contributed by atoms with van der Waals surface area (Å²) in [5.74, 6) is 0.731. The van der Waals surface area contributed by atoms with Crippen molar-refractivity contribution in [1.82, 2.24) is 5.32 Å². The van der Waals surface area contributed by atoms with E-state index < -0.39 is 0 Å². The second-order valence-corrected chi connectivity index (χ2v) is 6.47. The molecule has 0 aromatic rings. The van der Waals surface area contributed by atoms with Gasteiger partial charge >= 0.3 is 0 Å². The van der Waals surface area contributed by atoms with E-state index in [1.54, 1.807) is 0 Å². The number of rotatable bonds is 11. The molecule has 3 atom stereocenters. The van der Waals surface area contributed by atoms with E-state index >= 15 is 0 Å². The van der Waals surface area contributed by atoms with Gasteiger partial charge in [-0.25, -0.2) is 0 Å². The lowest BCUT2D eigenvalue weighted by molar-refractivity contribution is -0.0233. The molecule has 1 fully saturated rings. The predicted octanol–water partition coefficient (Wildman–Crippen LogP) is 3.77. The van der Waals surface area contributed by atoms with Gasteiger partial charge in [0.15, 0.2) is 0 Å². The van der Waals surface area contributed by atoms with Crippen LogP contribution in [0.3, 0.4) is 0 Å². The van der Waals surface area contributed by atoms with E-state index in [1.165, 1.54) is 32.1 Å². The molecule has 0 aromatic heterocycles. The van der Waals surface area contributed by atoms with Crippen LogP contribution in [0.2, 0.25) is 0 Å². The Bertz CT molecular complexity index is 233. The molecule has 0 bridgehead atoms. The summed E-state index contributed by atoms with van der Waals surface area (Å²) in [6, 6.07) is 0.540. The monoisotopic (exact) mass is 285 g/mol. The molecule has 0 saturated carbocycles. The third kappa shape index (κ3) is 7.61. The van der Waals surface area contributed by atoms with Gasteiger partial charge in [-0.2, -0.15) is 0 Å². The van der Waals surface area contributed by atoms with Crippen LogP contribution in [0, 0.1) is 5.92 Å². The summed E-state index contributed by atoms with van der Waals surface area (Å²) in [5, 5.41) is 3.45. The molecule has 3 nitrogen and oxygen atoms in total. The molecule has 0 aromatic carbocycles. The highest BCUT2D eigenvalue weighted by atomic mass is 16.5. The Morgan fingerprint density at radius 3 is 2.60 bits per heavy atom. The Morgan fingerprint density at radius 1 is 1.20 bits per heavy atom. The van der Waals surface area contributed by atoms with E-state index in [1.807, 2.05) is 0 Å². The lowest BCUT2D eigenvalue weighted by atomic mass is 10.0. The molecule has 20 heavy (non-hydrogen) atoms. The summed E-state index contributed by atoms with van der Waals surface area (Å²) in [7, 11) is 0. The Morgan fingerprint density at radius 2 is 1.95 bits per heavy atom. The Balaban J connectivity index is 2.07. The van der Waals surface area contributed by atoms with Crippen molar-refractivity contribution in [3.8, 4) is 0 Å². The summed E-state index contributed by atoms with van der Waals surface area (Å²) in [4.78, 5) is 0. The first kappa shape index (κ1) is 17.9. The number of hydrogen-bond donors (Lipinski definition) is 1. The Labute approximate surface area is 125 Å². The fraction of sp³-hybridized carbons (Fsp3) is 1.00. The molecule has 3 unspecified atom stereocenters. The SMILES string of the molecule is CCCCC(CC)COCC1CCC(CNC(C)C)O1. The van der Waals surface area contributed by atoms with Gasteiger partial charge in [0.2, 0.25) is 0 Å². The maximum absolute atomic E-state index is 6.02. The molecule has 1 aliphatic rings. The molecule has 120 valence electrons. The van der Waals surface area contributed by atoms with Gasteiger partial charge in [0.05, 0.1) is 18.8 Å². The third-order valence-corrected chi connectivity index (χ3v) is 4.15. The van der Waals surface area contributed by atoms with Crippen molar-refractivity contribution in [1.29, 1.82) is 0 Å². The van der Waals surface area contributed by atoms with E-state index in [0.29, 0.717) is 18.2 Å². The zero-order valence-electron chi connectivity index (χ0n) is 14.0. The predicted molar refractivity (Wildman–Crippen MR) is 85.2 cm³/mol. The van der Waals surface area contributed by atoms with E-state index in [0.717, 1.165) is 32.1 Å². The maximum atomic E-state index is 6.02. The zero-order valence-corrected chi connectivity index (χ0v) is 14.0. The quantitative estimate of drug-likeness (QED) is 0.627. The van der Waals surface area contributed by atoms with Crippen molar-refractivity contribution in [2.75, 3.05) is 19.8 Å². The molecule has 1 saturated heterocycles. The van der Waals surface area contributed by atoms with E-state index in [2.05, 4.69) is 33.0 Å². The maximum Gasteiger partial charge on any atom is 0.0813 e. The third-order valence-electron chi connectivity index (χ3n) is 4.15. The van der Waals surface area contributed by atoms with Crippen molar-refractivity contribution < 1.29 is 9.47 Å². The van der Waals surface area contributed by atoms with E-state index in [4.69, 9.17) is 9.47 Å². The minimum absolute atomic E-state index is 0.317. The van der Waals surface area contributed by atoms with E-state index in [-0.39, 0.29) is 0 Å². The van der Waals surface area contributed by atoms with Crippen molar-refractivity contribution in [3.63, 3.8) is 0 Å². The van der Waals surface area contributed by atoms with Crippen LogP contribution in [-0.4, -0.2) is 38.0 Å². The fourth-order valence-corrected chi connectivity index (χ4v) is 2.68.